The van der Waals surface area contributed by atoms with Crippen LogP contribution in [-0.4, -0.2) is 12.1 Å². The van der Waals surface area contributed by atoms with Gasteiger partial charge < -0.3 is 0 Å². The second kappa shape index (κ2) is 3.30. The number of carbonyl (C=O) groups excluding carboxylic acids is 2. The molecule has 0 heterocycles. The molecule has 0 saturated heterocycles. The van der Waals surface area contributed by atoms with E-state index in [4.69, 9.17) is 0 Å². The molecule has 0 atom stereocenters. The summed E-state index contributed by atoms with van der Waals surface area (Å²) >= 11 is 0. The fraction of sp³-hybridized carbons (Fsp3) is 0.200. The Labute approximate surface area is 71.2 Å². The molecule has 0 aliphatic rings. The predicted octanol–water partition coefficient (Wildman–Crippen LogP) is 2.01. The minimum Gasteiger partial charge on any atom is -0.298 e. The highest BCUT2D eigenvalue weighted by atomic mass is 16.1. The van der Waals surface area contributed by atoms with Gasteiger partial charge in [0, 0.05) is 11.1 Å². The molecule has 0 fully saturated rings. The number of rotatable bonds is 2. The first kappa shape index (κ1) is 8.65. The Morgan fingerprint density at radius 2 is 2.00 bits per heavy atom. The number of carbonyl (C=O) groups is 2. The SMILES string of the molecule is CC(=O)c1cc(C)cc(C=O)c1. The summed E-state index contributed by atoms with van der Waals surface area (Å²) in [4.78, 5) is 21.4. The highest BCUT2D eigenvalue weighted by Crippen LogP contribution is 2.08. The van der Waals surface area contributed by atoms with Gasteiger partial charge >= 0.3 is 0 Å². The van der Waals surface area contributed by atoms with Crippen molar-refractivity contribution in [2.24, 2.45) is 0 Å². The van der Waals surface area contributed by atoms with Crippen LogP contribution < -0.4 is 0 Å². The summed E-state index contributed by atoms with van der Waals surface area (Å²) < 4.78 is 0. The zero-order valence-corrected chi connectivity index (χ0v) is 7.13. The monoisotopic (exact) mass is 162 g/mol. The van der Waals surface area contributed by atoms with Crippen LogP contribution >= 0.6 is 0 Å². The molecular weight excluding hydrogens is 152 g/mol. The Morgan fingerprint density at radius 1 is 1.33 bits per heavy atom. The van der Waals surface area contributed by atoms with Gasteiger partial charge in [-0.3, -0.25) is 9.59 Å². The summed E-state index contributed by atoms with van der Waals surface area (Å²) in [5.74, 6) is -0.0122. The van der Waals surface area contributed by atoms with Crippen molar-refractivity contribution in [1.82, 2.24) is 0 Å². The van der Waals surface area contributed by atoms with E-state index in [1.54, 1.807) is 18.2 Å². The van der Waals surface area contributed by atoms with Gasteiger partial charge in [0.1, 0.15) is 6.29 Å². The molecule has 12 heavy (non-hydrogen) atoms. The number of hydrogen-bond donors (Lipinski definition) is 0. The van der Waals surface area contributed by atoms with Crippen LogP contribution in [0.25, 0.3) is 0 Å². The lowest BCUT2D eigenvalue weighted by molar-refractivity contribution is 0.101. The molecule has 0 radical (unpaired) electrons. The summed E-state index contributed by atoms with van der Waals surface area (Å²) in [6.45, 7) is 3.35. The number of aryl methyl sites for hydroxylation is 1. The largest absolute Gasteiger partial charge is 0.298 e. The van der Waals surface area contributed by atoms with Crippen LogP contribution in [0.5, 0.6) is 0 Å². The van der Waals surface area contributed by atoms with E-state index in [1.807, 2.05) is 6.92 Å². The number of hydrogen-bond acceptors (Lipinski definition) is 2. The molecule has 1 aromatic rings. The van der Waals surface area contributed by atoms with Gasteiger partial charge in [-0.2, -0.15) is 0 Å². The van der Waals surface area contributed by atoms with E-state index in [9.17, 15) is 9.59 Å². The summed E-state index contributed by atoms with van der Waals surface area (Å²) in [7, 11) is 0. The minimum absolute atomic E-state index is 0.0122. The van der Waals surface area contributed by atoms with E-state index in [2.05, 4.69) is 0 Å². The molecule has 1 rings (SSSR count). The predicted molar refractivity (Wildman–Crippen MR) is 46.6 cm³/mol. The molecule has 0 amide bonds. The first-order chi connectivity index (χ1) is 5.63. The fourth-order valence-corrected chi connectivity index (χ4v) is 1.08. The number of aldehydes is 1. The third-order valence-electron chi connectivity index (χ3n) is 1.64. The number of ketones is 1. The van der Waals surface area contributed by atoms with Crippen LogP contribution in [-0.2, 0) is 0 Å². The third-order valence-corrected chi connectivity index (χ3v) is 1.64. The maximum absolute atomic E-state index is 10.9. The van der Waals surface area contributed by atoms with Gasteiger partial charge in [-0.15, -0.1) is 0 Å². The van der Waals surface area contributed by atoms with Crippen molar-refractivity contribution in [3.63, 3.8) is 0 Å². The lowest BCUT2D eigenvalue weighted by atomic mass is 10.1. The average molecular weight is 162 g/mol. The van der Waals surface area contributed by atoms with Crippen molar-refractivity contribution in [3.8, 4) is 0 Å². The quantitative estimate of drug-likeness (QED) is 0.492. The Hall–Kier alpha value is -1.44. The van der Waals surface area contributed by atoms with Gasteiger partial charge in [0.05, 0.1) is 0 Å². The van der Waals surface area contributed by atoms with Crippen molar-refractivity contribution in [2.75, 3.05) is 0 Å². The van der Waals surface area contributed by atoms with E-state index in [-0.39, 0.29) is 5.78 Å². The summed E-state index contributed by atoms with van der Waals surface area (Å²) in [5, 5.41) is 0. The third kappa shape index (κ3) is 1.78. The summed E-state index contributed by atoms with van der Waals surface area (Å²) in [5.41, 5.74) is 2.09. The Balaban J connectivity index is 3.23. The van der Waals surface area contributed by atoms with E-state index in [0.717, 1.165) is 11.8 Å². The van der Waals surface area contributed by atoms with Gasteiger partial charge in [-0.1, -0.05) is 0 Å². The molecule has 1 aromatic carbocycles. The molecule has 0 N–H and O–H groups in total. The van der Waals surface area contributed by atoms with Crippen molar-refractivity contribution >= 4 is 12.1 Å². The second-order valence-corrected chi connectivity index (χ2v) is 2.81. The number of benzene rings is 1. The van der Waals surface area contributed by atoms with Gasteiger partial charge in [0.2, 0.25) is 0 Å². The van der Waals surface area contributed by atoms with Crippen LogP contribution in [0.4, 0.5) is 0 Å². The second-order valence-electron chi connectivity index (χ2n) is 2.81. The van der Waals surface area contributed by atoms with Gasteiger partial charge in [-0.05, 0) is 37.6 Å². The molecule has 0 spiro atoms. The first-order valence-corrected chi connectivity index (χ1v) is 3.71. The van der Waals surface area contributed by atoms with E-state index in [1.165, 1.54) is 6.92 Å². The fourth-order valence-electron chi connectivity index (χ4n) is 1.08. The van der Waals surface area contributed by atoms with Crippen molar-refractivity contribution in [3.05, 3.63) is 34.9 Å². The minimum atomic E-state index is -0.0122. The zero-order chi connectivity index (χ0) is 9.14. The van der Waals surface area contributed by atoms with E-state index >= 15 is 0 Å². The highest BCUT2D eigenvalue weighted by molar-refractivity contribution is 5.95. The summed E-state index contributed by atoms with van der Waals surface area (Å²) in [6, 6.07) is 5.12. The molecule has 0 unspecified atom stereocenters. The van der Waals surface area contributed by atoms with E-state index < -0.39 is 0 Å². The van der Waals surface area contributed by atoms with Crippen LogP contribution in [0.15, 0.2) is 18.2 Å². The molecule has 62 valence electrons. The van der Waals surface area contributed by atoms with Gasteiger partial charge in [0.15, 0.2) is 5.78 Å². The van der Waals surface area contributed by atoms with Crippen molar-refractivity contribution in [2.45, 2.75) is 13.8 Å². The average Bonchev–Trinajstić information content (AvgIpc) is 2.03. The Kier molecular flexibility index (Phi) is 2.38. The highest BCUT2D eigenvalue weighted by Gasteiger charge is 2.01. The standard InChI is InChI=1S/C10H10O2/c1-7-3-9(6-11)5-10(4-7)8(2)12/h3-6H,1-2H3. The molecule has 2 heteroatoms. The van der Waals surface area contributed by atoms with Crippen LogP contribution in [0.3, 0.4) is 0 Å². The van der Waals surface area contributed by atoms with E-state index in [0.29, 0.717) is 11.1 Å². The smallest absolute Gasteiger partial charge is 0.159 e. The van der Waals surface area contributed by atoms with Gasteiger partial charge in [0.25, 0.3) is 0 Å². The molecule has 0 aliphatic carbocycles. The summed E-state index contributed by atoms with van der Waals surface area (Å²) in [6.07, 6.45) is 0.749. The van der Waals surface area contributed by atoms with Crippen molar-refractivity contribution < 1.29 is 9.59 Å². The lowest BCUT2D eigenvalue weighted by Gasteiger charge is -1.99. The number of Topliss-reactive ketones (excluding diaryl/α,β-unsaturated/α-hetero) is 1. The lowest BCUT2D eigenvalue weighted by Crippen LogP contribution is -1.94. The molecule has 0 saturated carbocycles. The molecule has 0 bridgehead atoms. The molecule has 2 nitrogen and oxygen atoms in total. The Morgan fingerprint density at radius 3 is 2.50 bits per heavy atom. The topological polar surface area (TPSA) is 34.1 Å². The Bertz CT molecular complexity index is 327. The van der Waals surface area contributed by atoms with Crippen LogP contribution in [0.1, 0.15) is 33.2 Å². The first-order valence-electron chi connectivity index (χ1n) is 3.71. The van der Waals surface area contributed by atoms with Crippen molar-refractivity contribution in [1.29, 1.82) is 0 Å². The van der Waals surface area contributed by atoms with Gasteiger partial charge in [-0.25, -0.2) is 0 Å². The molecule has 0 aliphatic heterocycles. The maximum Gasteiger partial charge on any atom is 0.159 e. The zero-order valence-electron chi connectivity index (χ0n) is 7.13. The molecule has 0 aromatic heterocycles. The maximum atomic E-state index is 10.9. The molecular formula is C10H10O2. The van der Waals surface area contributed by atoms with Crippen LogP contribution in [0, 0.1) is 6.92 Å². The normalized spacial score (nSPS) is 9.50. The van der Waals surface area contributed by atoms with Crippen LogP contribution in [0.2, 0.25) is 0 Å².